The Morgan fingerprint density at radius 1 is 1.37 bits per heavy atom. The van der Waals surface area contributed by atoms with Gasteiger partial charge in [0.25, 0.3) is 0 Å². The summed E-state index contributed by atoms with van der Waals surface area (Å²) in [5.41, 5.74) is -0.438. The van der Waals surface area contributed by atoms with Gasteiger partial charge in [0.2, 0.25) is 0 Å². The normalized spacial score (nSPS) is 16.8. The van der Waals surface area contributed by atoms with Crippen LogP contribution in [0.4, 0.5) is 10.6 Å². The third-order valence-corrected chi connectivity index (χ3v) is 5.05. The molecular formula is C20H23ClN6O3. The minimum Gasteiger partial charge on any atom is -0.444 e. The maximum Gasteiger partial charge on any atom is 0.410 e. The van der Waals surface area contributed by atoms with Gasteiger partial charge in [-0.2, -0.15) is 5.10 Å². The number of amides is 1. The number of carbonyl (C=O) groups excluding carboxylic acids is 1. The summed E-state index contributed by atoms with van der Waals surface area (Å²) < 4.78 is 5.47. The van der Waals surface area contributed by atoms with Gasteiger partial charge >= 0.3 is 11.8 Å². The van der Waals surface area contributed by atoms with Crippen molar-refractivity contribution in [3.8, 4) is 11.5 Å². The number of halogens is 1. The summed E-state index contributed by atoms with van der Waals surface area (Å²) in [4.78, 5) is 32.8. The van der Waals surface area contributed by atoms with Crippen LogP contribution < -0.4 is 11.0 Å². The third-order valence-electron chi connectivity index (χ3n) is 4.73. The fraction of sp³-hybridized carbons (Fsp3) is 0.400. The minimum atomic E-state index is -0.539. The molecule has 0 bridgehead atoms. The van der Waals surface area contributed by atoms with E-state index in [1.165, 1.54) is 0 Å². The Labute approximate surface area is 177 Å². The molecule has 3 aromatic rings. The van der Waals surface area contributed by atoms with Gasteiger partial charge in [0.1, 0.15) is 17.1 Å². The molecule has 4 rings (SSSR count). The predicted molar refractivity (Wildman–Crippen MR) is 115 cm³/mol. The van der Waals surface area contributed by atoms with Crippen LogP contribution in [0, 0.1) is 0 Å². The van der Waals surface area contributed by atoms with E-state index >= 15 is 0 Å². The van der Waals surface area contributed by atoms with E-state index < -0.39 is 11.3 Å². The number of pyridine rings is 1. The molecule has 0 saturated carbocycles. The lowest BCUT2D eigenvalue weighted by atomic mass is 10.1. The first kappa shape index (κ1) is 20.2. The molecule has 1 aliphatic rings. The van der Waals surface area contributed by atoms with E-state index in [1.807, 2.05) is 39.0 Å². The summed E-state index contributed by atoms with van der Waals surface area (Å²) in [7, 11) is 0. The van der Waals surface area contributed by atoms with Crippen molar-refractivity contribution in [2.45, 2.75) is 38.8 Å². The first-order valence-corrected chi connectivity index (χ1v) is 10.1. The Morgan fingerprint density at radius 2 is 2.17 bits per heavy atom. The van der Waals surface area contributed by atoms with E-state index in [4.69, 9.17) is 16.3 Å². The van der Waals surface area contributed by atoms with Gasteiger partial charge in [0, 0.05) is 24.5 Å². The summed E-state index contributed by atoms with van der Waals surface area (Å²) in [5.74, 6) is 0.916. The minimum absolute atomic E-state index is 0.0158. The summed E-state index contributed by atoms with van der Waals surface area (Å²) in [5, 5.41) is 11.9. The SMILES string of the molecule is CC(C)(C)OC(=O)N1CCC(Nc2nc(-c3n[nH]c(=O)[nH]3)cc3cccc(Cl)c23)C1. The zero-order valence-corrected chi connectivity index (χ0v) is 17.7. The molecule has 1 atom stereocenters. The molecule has 2 aromatic heterocycles. The molecule has 0 spiro atoms. The highest BCUT2D eigenvalue weighted by Gasteiger charge is 2.30. The molecular weight excluding hydrogens is 408 g/mol. The van der Waals surface area contributed by atoms with Crippen LogP contribution >= 0.6 is 11.6 Å². The van der Waals surface area contributed by atoms with Crippen LogP contribution in [0.25, 0.3) is 22.3 Å². The van der Waals surface area contributed by atoms with Gasteiger partial charge in [0.05, 0.1) is 5.02 Å². The van der Waals surface area contributed by atoms with Gasteiger partial charge < -0.3 is 15.0 Å². The van der Waals surface area contributed by atoms with Crippen molar-refractivity contribution in [1.82, 2.24) is 25.1 Å². The van der Waals surface area contributed by atoms with Crippen molar-refractivity contribution in [2.75, 3.05) is 18.4 Å². The molecule has 1 saturated heterocycles. The number of aromatic amines is 2. The molecule has 1 amide bonds. The maximum absolute atomic E-state index is 12.4. The summed E-state index contributed by atoms with van der Waals surface area (Å²) in [6.07, 6.45) is 0.418. The highest BCUT2D eigenvalue weighted by Crippen LogP contribution is 2.33. The second-order valence-corrected chi connectivity index (χ2v) is 8.68. The Kier molecular flexibility index (Phi) is 5.15. The molecule has 0 aliphatic carbocycles. The predicted octanol–water partition coefficient (Wildman–Crippen LogP) is 3.39. The molecule has 0 radical (unpaired) electrons. The lowest BCUT2D eigenvalue weighted by Crippen LogP contribution is -2.36. The molecule has 158 valence electrons. The number of carbonyl (C=O) groups is 1. The number of nitrogens with one attached hydrogen (secondary N) is 3. The van der Waals surface area contributed by atoms with Crippen molar-refractivity contribution in [3.63, 3.8) is 0 Å². The van der Waals surface area contributed by atoms with Crippen molar-refractivity contribution < 1.29 is 9.53 Å². The number of fused-ring (bicyclic) bond motifs is 1. The number of nitrogens with zero attached hydrogens (tertiary/aromatic N) is 3. The Morgan fingerprint density at radius 3 is 2.87 bits per heavy atom. The van der Waals surface area contributed by atoms with E-state index in [2.05, 4.69) is 25.5 Å². The molecule has 9 nitrogen and oxygen atoms in total. The average Bonchev–Trinajstić information content (AvgIpc) is 3.29. The second kappa shape index (κ2) is 7.64. The van der Waals surface area contributed by atoms with Gasteiger partial charge in [-0.1, -0.05) is 23.7 Å². The Hall–Kier alpha value is -3.07. The molecule has 1 aliphatic heterocycles. The van der Waals surface area contributed by atoms with Crippen LogP contribution in [0.15, 0.2) is 29.1 Å². The number of anilines is 1. The largest absolute Gasteiger partial charge is 0.444 e. The average molecular weight is 431 g/mol. The van der Waals surface area contributed by atoms with E-state index in [-0.39, 0.29) is 12.1 Å². The van der Waals surface area contributed by atoms with Crippen LogP contribution in [0.3, 0.4) is 0 Å². The topological polar surface area (TPSA) is 116 Å². The molecule has 1 aromatic carbocycles. The molecule has 3 N–H and O–H groups in total. The summed E-state index contributed by atoms with van der Waals surface area (Å²) >= 11 is 6.46. The van der Waals surface area contributed by atoms with Gasteiger partial charge in [-0.25, -0.2) is 19.7 Å². The van der Waals surface area contributed by atoms with Crippen molar-refractivity contribution >= 4 is 34.3 Å². The van der Waals surface area contributed by atoms with Crippen molar-refractivity contribution in [1.29, 1.82) is 0 Å². The number of rotatable bonds is 3. The lowest BCUT2D eigenvalue weighted by Gasteiger charge is -2.24. The number of ether oxygens (including phenoxy) is 1. The fourth-order valence-electron chi connectivity index (χ4n) is 3.45. The Balaban J connectivity index is 1.62. The van der Waals surface area contributed by atoms with Gasteiger partial charge in [-0.15, -0.1) is 0 Å². The molecule has 3 heterocycles. The highest BCUT2D eigenvalue weighted by atomic mass is 35.5. The van der Waals surface area contributed by atoms with Crippen molar-refractivity contribution in [3.05, 3.63) is 39.8 Å². The lowest BCUT2D eigenvalue weighted by molar-refractivity contribution is 0.0293. The van der Waals surface area contributed by atoms with Crippen LogP contribution in [0.5, 0.6) is 0 Å². The maximum atomic E-state index is 12.4. The number of H-pyrrole nitrogens is 2. The van der Waals surface area contributed by atoms with Crippen molar-refractivity contribution in [2.24, 2.45) is 0 Å². The van der Waals surface area contributed by atoms with E-state index in [0.717, 1.165) is 17.2 Å². The van der Waals surface area contributed by atoms with E-state index in [1.54, 1.807) is 11.0 Å². The first-order chi connectivity index (χ1) is 14.2. The standard InChI is InChI=1S/C20H23ClN6O3/c1-20(2,3)30-19(29)27-8-7-12(10-27)22-17-15-11(5-4-6-13(15)21)9-14(23-17)16-24-18(28)26-25-16/h4-6,9,12H,7-8,10H2,1-3H3,(H,22,23)(H2,24,25,26,28). The van der Waals surface area contributed by atoms with Gasteiger partial charge in [-0.3, -0.25) is 4.98 Å². The molecule has 10 heteroatoms. The van der Waals surface area contributed by atoms with Gasteiger partial charge in [0.15, 0.2) is 5.82 Å². The quantitative estimate of drug-likeness (QED) is 0.586. The number of likely N-dealkylation sites (tertiary alicyclic amines) is 1. The third kappa shape index (κ3) is 4.25. The molecule has 30 heavy (non-hydrogen) atoms. The first-order valence-electron chi connectivity index (χ1n) is 9.68. The highest BCUT2D eigenvalue weighted by molar-refractivity contribution is 6.36. The van der Waals surface area contributed by atoms with Crippen LogP contribution in [0.2, 0.25) is 5.02 Å². The summed E-state index contributed by atoms with van der Waals surface area (Å²) in [6, 6.07) is 7.38. The number of hydrogen-bond donors (Lipinski definition) is 3. The fourth-order valence-corrected chi connectivity index (χ4v) is 3.72. The molecule has 1 unspecified atom stereocenters. The number of benzene rings is 1. The van der Waals surface area contributed by atoms with Crippen LogP contribution in [-0.4, -0.2) is 55.9 Å². The zero-order chi connectivity index (χ0) is 21.5. The molecule has 1 fully saturated rings. The zero-order valence-electron chi connectivity index (χ0n) is 17.0. The van der Waals surface area contributed by atoms with Gasteiger partial charge in [-0.05, 0) is 44.7 Å². The van der Waals surface area contributed by atoms with Crippen LogP contribution in [-0.2, 0) is 4.74 Å². The monoisotopic (exact) mass is 430 g/mol. The Bertz CT molecular complexity index is 1150. The number of hydrogen-bond acceptors (Lipinski definition) is 6. The second-order valence-electron chi connectivity index (χ2n) is 8.28. The van der Waals surface area contributed by atoms with Crippen LogP contribution in [0.1, 0.15) is 27.2 Å². The smallest absolute Gasteiger partial charge is 0.410 e. The number of aromatic nitrogens is 4. The summed E-state index contributed by atoms with van der Waals surface area (Å²) in [6.45, 7) is 6.62. The van der Waals surface area contributed by atoms with E-state index in [0.29, 0.717) is 35.4 Å². The van der Waals surface area contributed by atoms with E-state index in [9.17, 15) is 9.59 Å².